The molecular weight excluding hydrogens is 336 g/mol. The molecule has 5 rings (SSSR count). The van der Waals surface area contributed by atoms with Crippen molar-refractivity contribution in [2.75, 3.05) is 45.3 Å². The van der Waals surface area contributed by atoms with E-state index in [1.54, 1.807) is 19.8 Å². The second-order valence-electron chi connectivity index (χ2n) is 8.05. The third-order valence-electron chi connectivity index (χ3n) is 6.61. The number of fused-ring (bicyclic) bond motifs is 2. The van der Waals surface area contributed by atoms with Gasteiger partial charge in [-0.3, -0.25) is 0 Å². The van der Waals surface area contributed by atoms with Crippen molar-refractivity contribution in [3.05, 3.63) is 41.5 Å². The van der Waals surface area contributed by atoms with Gasteiger partial charge >= 0.3 is 0 Å². The van der Waals surface area contributed by atoms with Gasteiger partial charge in [0.2, 0.25) is 0 Å². The molecule has 0 bridgehead atoms. The summed E-state index contributed by atoms with van der Waals surface area (Å²) < 4.78 is 11.0. The second-order valence-corrected chi connectivity index (χ2v) is 8.05. The van der Waals surface area contributed by atoms with Gasteiger partial charge < -0.3 is 19.7 Å². The van der Waals surface area contributed by atoms with Gasteiger partial charge in [-0.1, -0.05) is 6.07 Å². The molecule has 2 aromatic carbocycles. The van der Waals surface area contributed by atoms with E-state index in [1.807, 2.05) is 6.07 Å². The molecule has 0 spiro atoms. The number of hydrogen-bond acceptors (Lipinski definition) is 4. The van der Waals surface area contributed by atoms with Gasteiger partial charge in [-0.15, -0.1) is 0 Å². The number of aryl methyl sites for hydroxylation is 1. The lowest BCUT2D eigenvalue weighted by atomic mass is 9.74. The summed E-state index contributed by atoms with van der Waals surface area (Å²) in [6, 6.07) is 11.1. The minimum atomic E-state index is 0.641. The lowest BCUT2D eigenvalue weighted by molar-refractivity contribution is 0.309. The molecule has 4 heteroatoms. The van der Waals surface area contributed by atoms with Gasteiger partial charge in [0.1, 0.15) is 0 Å². The fourth-order valence-corrected chi connectivity index (χ4v) is 5.29. The lowest BCUT2D eigenvalue weighted by Crippen LogP contribution is -2.47. The Morgan fingerprint density at radius 2 is 1.93 bits per heavy atom. The summed E-state index contributed by atoms with van der Waals surface area (Å²) in [6.07, 6.45) is 3.73. The van der Waals surface area contributed by atoms with Crippen molar-refractivity contribution >= 4 is 5.69 Å². The van der Waals surface area contributed by atoms with Crippen LogP contribution in [0.15, 0.2) is 30.3 Å². The van der Waals surface area contributed by atoms with E-state index in [2.05, 4.69) is 34.5 Å². The Hall–Kier alpha value is -2.20. The minimum Gasteiger partial charge on any atom is -0.493 e. The van der Waals surface area contributed by atoms with Gasteiger partial charge in [0.25, 0.3) is 0 Å². The first-order chi connectivity index (χ1) is 13.3. The van der Waals surface area contributed by atoms with Crippen LogP contribution < -0.4 is 19.7 Å². The Bertz CT molecular complexity index is 864. The fraction of sp³-hybridized carbons (Fsp3) is 0.478. The van der Waals surface area contributed by atoms with Crippen molar-refractivity contribution in [2.45, 2.75) is 25.2 Å². The van der Waals surface area contributed by atoms with Crippen LogP contribution in [0.5, 0.6) is 11.5 Å². The average molecular weight is 364 g/mol. The molecule has 1 N–H and O–H groups in total. The van der Waals surface area contributed by atoms with Crippen molar-refractivity contribution in [3.8, 4) is 22.6 Å². The molecule has 3 heterocycles. The predicted octanol–water partition coefficient (Wildman–Crippen LogP) is 3.83. The van der Waals surface area contributed by atoms with Crippen molar-refractivity contribution in [3.63, 3.8) is 0 Å². The van der Waals surface area contributed by atoms with Crippen molar-refractivity contribution in [1.29, 1.82) is 0 Å². The molecule has 2 unspecified atom stereocenters. The molecule has 3 aliphatic heterocycles. The number of piperidine rings is 1. The van der Waals surface area contributed by atoms with Gasteiger partial charge in [-0.05, 0) is 78.2 Å². The first kappa shape index (κ1) is 16.9. The topological polar surface area (TPSA) is 33.7 Å². The number of ether oxygens (including phenoxy) is 2. The van der Waals surface area contributed by atoms with E-state index in [4.69, 9.17) is 9.47 Å². The third kappa shape index (κ3) is 2.78. The molecule has 3 aliphatic rings. The molecule has 2 atom stereocenters. The highest BCUT2D eigenvalue weighted by molar-refractivity contribution is 5.76. The molecule has 1 saturated heterocycles. The van der Waals surface area contributed by atoms with Crippen LogP contribution in [0.4, 0.5) is 5.69 Å². The monoisotopic (exact) mass is 364 g/mol. The molecule has 0 saturated carbocycles. The summed E-state index contributed by atoms with van der Waals surface area (Å²) in [5, 5.41) is 3.63. The molecule has 0 amide bonds. The van der Waals surface area contributed by atoms with Gasteiger partial charge in [-0.25, -0.2) is 0 Å². The smallest absolute Gasteiger partial charge is 0.161 e. The van der Waals surface area contributed by atoms with Gasteiger partial charge in [0.15, 0.2) is 11.5 Å². The van der Waals surface area contributed by atoms with Crippen LogP contribution in [0, 0.1) is 5.92 Å². The van der Waals surface area contributed by atoms with Crippen molar-refractivity contribution < 1.29 is 9.47 Å². The van der Waals surface area contributed by atoms with Crippen LogP contribution in [0.25, 0.3) is 11.1 Å². The van der Waals surface area contributed by atoms with E-state index >= 15 is 0 Å². The minimum absolute atomic E-state index is 0.641. The van der Waals surface area contributed by atoms with E-state index in [9.17, 15) is 0 Å². The zero-order valence-electron chi connectivity index (χ0n) is 16.3. The van der Waals surface area contributed by atoms with Crippen LogP contribution >= 0.6 is 0 Å². The number of benzene rings is 2. The second kappa shape index (κ2) is 6.75. The number of anilines is 1. The Balaban J connectivity index is 1.64. The Morgan fingerprint density at radius 3 is 2.78 bits per heavy atom. The largest absolute Gasteiger partial charge is 0.493 e. The maximum Gasteiger partial charge on any atom is 0.161 e. The van der Waals surface area contributed by atoms with Crippen LogP contribution in [-0.2, 0) is 6.42 Å². The van der Waals surface area contributed by atoms with Gasteiger partial charge in [-0.2, -0.15) is 0 Å². The van der Waals surface area contributed by atoms with Crippen LogP contribution in [0.3, 0.4) is 0 Å². The van der Waals surface area contributed by atoms with Crippen molar-refractivity contribution in [2.24, 2.45) is 5.92 Å². The summed E-state index contributed by atoms with van der Waals surface area (Å²) in [7, 11) is 3.39. The highest BCUT2D eigenvalue weighted by Crippen LogP contribution is 2.47. The maximum atomic E-state index is 5.54. The average Bonchev–Trinajstić information content (AvgIpc) is 2.73. The Morgan fingerprint density at radius 1 is 1.04 bits per heavy atom. The first-order valence-corrected chi connectivity index (χ1v) is 10.1. The van der Waals surface area contributed by atoms with Crippen molar-refractivity contribution in [1.82, 2.24) is 5.32 Å². The molecule has 0 aromatic heterocycles. The first-order valence-electron chi connectivity index (χ1n) is 10.1. The Labute approximate surface area is 161 Å². The zero-order valence-corrected chi connectivity index (χ0v) is 16.3. The quantitative estimate of drug-likeness (QED) is 0.897. The highest BCUT2D eigenvalue weighted by atomic mass is 16.5. The summed E-state index contributed by atoms with van der Waals surface area (Å²) in [5.41, 5.74) is 7.12. The summed E-state index contributed by atoms with van der Waals surface area (Å²) in [6.45, 7) is 4.72. The number of nitrogens with zero attached hydrogens (tertiary/aromatic N) is 1. The molecular formula is C23H28N2O2. The number of hydrogen-bond donors (Lipinski definition) is 1. The highest BCUT2D eigenvalue weighted by Gasteiger charge is 2.37. The molecule has 2 aromatic rings. The number of methoxy groups -OCH3 is 2. The van der Waals surface area contributed by atoms with Gasteiger partial charge in [0.05, 0.1) is 14.2 Å². The molecule has 0 radical (unpaired) electrons. The maximum absolute atomic E-state index is 5.54. The third-order valence-corrected chi connectivity index (χ3v) is 6.61. The lowest BCUT2D eigenvalue weighted by Gasteiger charge is -2.46. The van der Waals surface area contributed by atoms with E-state index in [1.165, 1.54) is 54.7 Å². The van der Waals surface area contributed by atoms with E-state index in [-0.39, 0.29) is 0 Å². The summed E-state index contributed by atoms with van der Waals surface area (Å²) in [5.74, 6) is 3.00. The summed E-state index contributed by atoms with van der Waals surface area (Å²) in [4.78, 5) is 2.67. The van der Waals surface area contributed by atoms with Crippen LogP contribution in [-0.4, -0.2) is 40.4 Å². The normalized spacial score (nSPS) is 23.4. The van der Waals surface area contributed by atoms with Gasteiger partial charge in [0, 0.05) is 31.2 Å². The molecule has 27 heavy (non-hydrogen) atoms. The summed E-state index contributed by atoms with van der Waals surface area (Å²) >= 11 is 0. The van der Waals surface area contributed by atoms with Crippen LogP contribution in [0.2, 0.25) is 0 Å². The van der Waals surface area contributed by atoms with Crippen LogP contribution in [0.1, 0.15) is 29.9 Å². The standard InChI is InChI=1S/C23H28N2O2/c1-26-21-6-5-15(12-22(21)27-2)18-10-16-4-3-9-25-14-17-7-8-24-13-20(17)19(11-18)23(16)25/h5-6,10-12,17,20,24H,3-4,7-9,13-14H2,1-2H3. The molecule has 142 valence electrons. The molecule has 4 nitrogen and oxygen atoms in total. The molecule has 0 aliphatic carbocycles. The SMILES string of the molecule is COc1ccc(-c2cc3c4c(c2)C2CNCCC2CN4CCC3)cc1OC. The number of nitrogens with one attached hydrogen (secondary N) is 1. The zero-order chi connectivity index (χ0) is 18.4. The van der Waals surface area contributed by atoms with E-state index in [0.29, 0.717) is 5.92 Å². The van der Waals surface area contributed by atoms with E-state index in [0.717, 1.165) is 30.5 Å². The molecule has 1 fully saturated rings. The van der Waals surface area contributed by atoms with E-state index < -0.39 is 0 Å². The number of rotatable bonds is 3. The Kier molecular flexibility index (Phi) is 4.24. The predicted molar refractivity (Wildman–Crippen MR) is 109 cm³/mol. The fourth-order valence-electron chi connectivity index (χ4n) is 5.29.